The van der Waals surface area contributed by atoms with Gasteiger partial charge in [-0.05, 0) is 55.0 Å². The summed E-state index contributed by atoms with van der Waals surface area (Å²) in [6.45, 7) is 2.81. The highest BCUT2D eigenvalue weighted by Crippen LogP contribution is 2.19. The zero-order valence-corrected chi connectivity index (χ0v) is 18.5. The first-order valence-corrected chi connectivity index (χ1v) is 10.9. The summed E-state index contributed by atoms with van der Waals surface area (Å²) in [6, 6.07) is 19.9. The second-order valence-electron chi connectivity index (χ2n) is 7.71. The minimum atomic E-state index is -0.321. The summed E-state index contributed by atoms with van der Waals surface area (Å²) in [5.74, 6) is 1.58. The highest BCUT2D eigenvalue weighted by Gasteiger charge is 2.21. The molecule has 1 fully saturated rings. The molecule has 2 N–H and O–H groups in total. The summed E-state index contributed by atoms with van der Waals surface area (Å²) in [7, 11) is 1.61. The number of hydrogen-bond acceptors (Lipinski definition) is 5. The Labute approximate surface area is 193 Å². The zero-order chi connectivity index (χ0) is 23.0. The molecule has 0 saturated carbocycles. The maximum Gasteiger partial charge on any atom is 0.323 e. The van der Waals surface area contributed by atoms with E-state index in [1.54, 1.807) is 37.6 Å². The van der Waals surface area contributed by atoms with Crippen molar-refractivity contribution >= 4 is 29.1 Å². The van der Waals surface area contributed by atoms with Crippen molar-refractivity contribution in [1.82, 2.24) is 9.88 Å². The number of carbonyl (C=O) groups excluding carboxylic acids is 2. The van der Waals surface area contributed by atoms with E-state index in [1.807, 2.05) is 47.4 Å². The third-order valence-corrected chi connectivity index (χ3v) is 5.48. The van der Waals surface area contributed by atoms with Crippen LogP contribution in [0.3, 0.4) is 0 Å². The van der Waals surface area contributed by atoms with Crippen molar-refractivity contribution in [2.45, 2.75) is 6.42 Å². The molecule has 0 unspecified atom stereocenters. The number of para-hydroxylation sites is 1. The molecule has 3 aromatic rings. The molecule has 1 aromatic heterocycles. The van der Waals surface area contributed by atoms with Gasteiger partial charge in [-0.25, -0.2) is 9.78 Å². The lowest BCUT2D eigenvalue weighted by atomic mass is 10.2. The Bertz CT molecular complexity index is 1070. The number of rotatable bonds is 5. The smallest absolute Gasteiger partial charge is 0.323 e. The molecule has 1 saturated heterocycles. The number of urea groups is 1. The van der Waals surface area contributed by atoms with Crippen LogP contribution in [0.5, 0.6) is 5.75 Å². The van der Waals surface area contributed by atoms with Gasteiger partial charge in [0.2, 0.25) is 0 Å². The van der Waals surface area contributed by atoms with Gasteiger partial charge in [0.15, 0.2) is 0 Å². The van der Waals surface area contributed by atoms with Gasteiger partial charge in [-0.15, -0.1) is 0 Å². The van der Waals surface area contributed by atoms with Gasteiger partial charge in [0.1, 0.15) is 11.6 Å². The number of nitrogens with one attached hydrogen (secondary N) is 2. The van der Waals surface area contributed by atoms with Crippen molar-refractivity contribution in [2.75, 3.05) is 48.8 Å². The topological polar surface area (TPSA) is 86.8 Å². The molecule has 1 aliphatic heterocycles. The van der Waals surface area contributed by atoms with Gasteiger partial charge in [-0.2, -0.15) is 0 Å². The molecular formula is C25H27N5O3. The summed E-state index contributed by atoms with van der Waals surface area (Å²) in [5, 5.41) is 5.57. The van der Waals surface area contributed by atoms with Gasteiger partial charge in [0, 0.05) is 37.4 Å². The van der Waals surface area contributed by atoms with Crippen molar-refractivity contribution in [2.24, 2.45) is 0 Å². The van der Waals surface area contributed by atoms with Gasteiger partial charge in [-0.3, -0.25) is 4.79 Å². The Hall–Kier alpha value is -4.07. The monoisotopic (exact) mass is 445 g/mol. The molecule has 8 nitrogen and oxygen atoms in total. The summed E-state index contributed by atoms with van der Waals surface area (Å²) >= 11 is 0. The molecular weight excluding hydrogens is 418 g/mol. The zero-order valence-electron chi connectivity index (χ0n) is 18.5. The predicted molar refractivity (Wildman–Crippen MR) is 129 cm³/mol. The SMILES string of the molecule is COc1ccc(C(=O)N2CCCN(c3ccc(NC(=O)Nc4ccccc4)cn3)CC2)cc1. The van der Waals surface area contributed by atoms with Crippen molar-refractivity contribution in [1.29, 1.82) is 0 Å². The molecule has 33 heavy (non-hydrogen) atoms. The van der Waals surface area contributed by atoms with Gasteiger partial charge in [0.25, 0.3) is 5.91 Å². The third-order valence-electron chi connectivity index (χ3n) is 5.48. The summed E-state index contributed by atoms with van der Waals surface area (Å²) in [6.07, 6.45) is 2.49. The van der Waals surface area contributed by atoms with E-state index in [9.17, 15) is 9.59 Å². The fraction of sp³-hybridized carbons (Fsp3) is 0.240. The molecule has 2 aromatic carbocycles. The Kier molecular flexibility index (Phi) is 7.04. The van der Waals surface area contributed by atoms with E-state index >= 15 is 0 Å². The van der Waals surface area contributed by atoms with Gasteiger partial charge < -0.3 is 25.2 Å². The second kappa shape index (κ2) is 10.5. The summed E-state index contributed by atoms with van der Waals surface area (Å²) in [4.78, 5) is 33.6. The number of hydrogen-bond donors (Lipinski definition) is 2. The van der Waals surface area contributed by atoms with Crippen LogP contribution in [-0.2, 0) is 0 Å². The fourth-order valence-electron chi connectivity index (χ4n) is 3.73. The van der Waals surface area contributed by atoms with Gasteiger partial charge in [0.05, 0.1) is 19.0 Å². The number of pyridine rings is 1. The Morgan fingerprint density at radius 1 is 0.848 bits per heavy atom. The number of ether oxygens (including phenoxy) is 1. The van der Waals surface area contributed by atoms with Crippen LogP contribution in [0.25, 0.3) is 0 Å². The number of nitrogens with zero attached hydrogens (tertiary/aromatic N) is 3. The number of methoxy groups -OCH3 is 1. The van der Waals surface area contributed by atoms with Crippen LogP contribution in [0.1, 0.15) is 16.8 Å². The molecule has 170 valence electrons. The molecule has 0 atom stereocenters. The first kappa shape index (κ1) is 22.1. The molecule has 0 bridgehead atoms. The number of carbonyl (C=O) groups is 2. The maximum atomic E-state index is 12.9. The van der Waals surface area contributed by atoms with Gasteiger partial charge in [-0.1, -0.05) is 18.2 Å². The van der Waals surface area contributed by atoms with Crippen molar-refractivity contribution in [3.63, 3.8) is 0 Å². The summed E-state index contributed by atoms with van der Waals surface area (Å²) in [5.41, 5.74) is 1.99. The number of amides is 3. The highest BCUT2D eigenvalue weighted by atomic mass is 16.5. The quantitative estimate of drug-likeness (QED) is 0.618. The predicted octanol–water partition coefficient (Wildman–Crippen LogP) is 4.09. The Morgan fingerprint density at radius 2 is 1.61 bits per heavy atom. The third kappa shape index (κ3) is 5.79. The number of anilines is 3. The second-order valence-corrected chi connectivity index (χ2v) is 7.71. The van der Waals surface area contributed by atoms with Crippen LogP contribution in [0, 0.1) is 0 Å². The number of aromatic nitrogens is 1. The van der Waals surface area contributed by atoms with Crippen LogP contribution in [0.2, 0.25) is 0 Å². The maximum absolute atomic E-state index is 12.9. The minimum Gasteiger partial charge on any atom is -0.497 e. The van der Waals surface area contributed by atoms with E-state index in [0.29, 0.717) is 30.9 Å². The van der Waals surface area contributed by atoms with E-state index < -0.39 is 0 Å². The molecule has 8 heteroatoms. The van der Waals surface area contributed by atoms with Crippen LogP contribution < -0.4 is 20.3 Å². The molecule has 2 heterocycles. The first-order valence-electron chi connectivity index (χ1n) is 10.9. The van der Waals surface area contributed by atoms with E-state index in [4.69, 9.17) is 4.74 Å². The molecule has 0 aliphatic carbocycles. The average molecular weight is 446 g/mol. The van der Waals surface area contributed by atoms with Crippen LogP contribution in [0.4, 0.5) is 22.0 Å². The summed E-state index contributed by atoms with van der Waals surface area (Å²) < 4.78 is 5.17. The highest BCUT2D eigenvalue weighted by molar-refractivity contribution is 5.99. The van der Waals surface area contributed by atoms with Gasteiger partial charge >= 0.3 is 6.03 Å². The van der Waals surface area contributed by atoms with E-state index in [0.717, 1.165) is 30.2 Å². The van der Waals surface area contributed by atoms with Crippen molar-refractivity contribution < 1.29 is 14.3 Å². The first-order chi connectivity index (χ1) is 16.1. The van der Waals surface area contributed by atoms with Crippen LogP contribution in [-0.4, -0.2) is 55.1 Å². The average Bonchev–Trinajstić information content (AvgIpc) is 3.11. The van der Waals surface area contributed by atoms with E-state index in [1.165, 1.54) is 0 Å². The Balaban J connectivity index is 1.32. The Morgan fingerprint density at radius 3 is 2.30 bits per heavy atom. The van der Waals surface area contributed by atoms with E-state index in [2.05, 4.69) is 20.5 Å². The standard InChI is InChI=1S/C25H27N5O3/c1-33-22-11-8-19(9-12-22)24(31)30-15-5-14-29(16-17-30)23-13-10-21(18-26-23)28-25(32)27-20-6-3-2-4-7-20/h2-4,6-13,18H,5,14-17H2,1H3,(H2,27,28,32). The molecule has 4 rings (SSSR count). The number of benzene rings is 2. The lowest BCUT2D eigenvalue weighted by Gasteiger charge is -2.23. The largest absolute Gasteiger partial charge is 0.497 e. The normalized spacial score (nSPS) is 13.7. The molecule has 3 amide bonds. The molecule has 0 radical (unpaired) electrons. The fourth-order valence-corrected chi connectivity index (χ4v) is 3.73. The molecule has 0 spiro atoms. The lowest BCUT2D eigenvalue weighted by Crippen LogP contribution is -2.35. The molecule has 1 aliphatic rings. The van der Waals surface area contributed by atoms with Crippen LogP contribution >= 0.6 is 0 Å². The lowest BCUT2D eigenvalue weighted by molar-refractivity contribution is 0.0767. The van der Waals surface area contributed by atoms with Crippen molar-refractivity contribution in [3.8, 4) is 5.75 Å². The minimum absolute atomic E-state index is 0.0245. The van der Waals surface area contributed by atoms with Crippen molar-refractivity contribution in [3.05, 3.63) is 78.5 Å². The van der Waals surface area contributed by atoms with Crippen LogP contribution in [0.15, 0.2) is 72.9 Å². The van der Waals surface area contributed by atoms with E-state index in [-0.39, 0.29) is 11.9 Å².